The van der Waals surface area contributed by atoms with Gasteiger partial charge in [0.2, 0.25) is 0 Å². The van der Waals surface area contributed by atoms with Gasteiger partial charge in [-0.05, 0) is 24.6 Å². The van der Waals surface area contributed by atoms with Crippen LogP contribution < -0.4 is 5.56 Å². The SMILES string of the molecule is C=CCSc1nc2c([nH]c3ccccc32)c(=O)n1-c1ccccc1C. The third-order valence-electron chi connectivity index (χ3n) is 4.18. The number of H-pyrrole nitrogens is 1. The normalized spacial score (nSPS) is 11.2. The first-order valence-electron chi connectivity index (χ1n) is 8.04. The van der Waals surface area contributed by atoms with Gasteiger partial charge in [0.1, 0.15) is 11.0 Å². The average Bonchev–Trinajstić information content (AvgIpc) is 3.00. The topological polar surface area (TPSA) is 50.7 Å². The van der Waals surface area contributed by atoms with Crippen molar-refractivity contribution >= 4 is 33.7 Å². The Kier molecular flexibility index (Phi) is 3.93. The highest BCUT2D eigenvalue weighted by Gasteiger charge is 2.17. The zero-order valence-corrected chi connectivity index (χ0v) is 14.6. The van der Waals surface area contributed by atoms with E-state index in [0.29, 0.717) is 16.4 Å². The largest absolute Gasteiger partial charge is 0.349 e. The second-order valence-corrected chi connectivity index (χ2v) is 6.80. The van der Waals surface area contributed by atoms with Gasteiger partial charge in [-0.3, -0.25) is 9.36 Å². The van der Waals surface area contributed by atoms with E-state index in [1.54, 1.807) is 4.57 Å². The van der Waals surface area contributed by atoms with E-state index in [4.69, 9.17) is 4.98 Å². The molecule has 0 saturated heterocycles. The third kappa shape index (κ3) is 2.57. The smallest absolute Gasteiger partial charge is 0.283 e. The fourth-order valence-corrected chi connectivity index (χ4v) is 3.73. The van der Waals surface area contributed by atoms with Gasteiger partial charge in [-0.1, -0.05) is 54.2 Å². The van der Waals surface area contributed by atoms with Gasteiger partial charge in [0, 0.05) is 16.7 Å². The summed E-state index contributed by atoms with van der Waals surface area (Å²) in [5, 5.41) is 1.64. The van der Waals surface area contributed by atoms with Crippen LogP contribution in [-0.4, -0.2) is 20.3 Å². The number of rotatable bonds is 4. The molecule has 4 rings (SSSR count). The monoisotopic (exact) mass is 347 g/mol. The lowest BCUT2D eigenvalue weighted by Crippen LogP contribution is -2.22. The fraction of sp³-hybridized carbons (Fsp3) is 0.100. The first-order valence-corrected chi connectivity index (χ1v) is 9.02. The standard InChI is InChI=1S/C20H17N3OS/c1-3-12-25-20-22-17-14-9-5-6-10-15(14)21-18(17)19(24)23(20)16-11-7-4-8-13(16)2/h3-11,21H,1,12H2,2H3. The van der Waals surface area contributed by atoms with Crippen LogP contribution in [0.2, 0.25) is 0 Å². The Morgan fingerprint density at radius 2 is 1.96 bits per heavy atom. The van der Waals surface area contributed by atoms with Crippen LogP contribution in [0.15, 0.2) is 71.1 Å². The molecule has 0 saturated carbocycles. The molecule has 0 unspecified atom stereocenters. The van der Waals surface area contributed by atoms with Crippen molar-refractivity contribution in [1.82, 2.24) is 14.5 Å². The molecule has 2 aromatic heterocycles. The van der Waals surface area contributed by atoms with E-state index in [9.17, 15) is 4.79 Å². The molecule has 124 valence electrons. The van der Waals surface area contributed by atoms with Gasteiger partial charge in [0.05, 0.1) is 5.69 Å². The second-order valence-electron chi connectivity index (χ2n) is 5.82. The summed E-state index contributed by atoms with van der Waals surface area (Å²) in [6.07, 6.45) is 1.82. The molecule has 25 heavy (non-hydrogen) atoms. The summed E-state index contributed by atoms with van der Waals surface area (Å²) in [7, 11) is 0. The highest BCUT2D eigenvalue weighted by molar-refractivity contribution is 7.99. The van der Waals surface area contributed by atoms with Crippen LogP contribution in [0.1, 0.15) is 5.56 Å². The summed E-state index contributed by atoms with van der Waals surface area (Å²) >= 11 is 1.51. The number of fused-ring (bicyclic) bond motifs is 3. The van der Waals surface area contributed by atoms with E-state index >= 15 is 0 Å². The zero-order valence-electron chi connectivity index (χ0n) is 13.8. The molecule has 0 aliphatic carbocycles. The molecule has 0 aliphatic heterocycles. The lowest BCUT2D eigenvalue weighted by molar-refractivity contribution is 0.814. The maximum absolute atomic E-state index is 13.3. The molecule has 0 aliphatic rings. The minimum atomic E-state index is -0.0814. The Labute approximate surface area is 149 Å². The van der Waals surface area contributed by atoms with Gasteiger partial charge in [-0.25, -0.2) is 4.98 Å². The van der Waals surface area contributed by atoms with Crippen LogP contribution in [0, 0.1) is 6.92 Å². The molecule has 0 amide bonds. The first-order chi connectivity index (χ1) is 12.2. The molecule has 0 atom stereocenters. The quantitative estimate of drug-likeness (QED) is 0.337. The van der Waals surface area contributed by atoms with Crippen LogP contribution in [0.25, 0.3) is 27.6 Å². The van der Waals surface area contributed by atoms with Crippen molar-refractivity contribution in [2.24, 2.45) is 0 Å². The number of aryl methyl sites for hydroxylation is 1. The molecule has 0 bridgehead atoms. The number of hydrogen-bond donors (Lipinski definition) is 1. The Balaban J connectivity index is 2.11. The molecule has 0 spiro atoms. The lowest BCUT2D eigenvalue weighted by atomic mass is 10.2. The summed E-state index contributed by atoms with van der Waals surface area (Å²) in [5.41, 5.74) is 3.98. The zero-order chi connectivity index (χ0) is 17.4. The van der Waals surface area contributed by atoms with Gasteiger partial charge >= 0.3 is 0 Å². The van der Waals surface area contributed by atoms with E-state index in [-0.39, 0.29) is 5.56 Å². The van der Waals surface area contributed by atoms with E-state index in [2.05, 4.69) is 11.6 Å². The minimum Gasteiger partial charge on any atom is -0.349 e. The summed E-state index contributed by atoms with van der Waals surface area (Å²) in [6.45, 7) is 5.78. The molecule has 4 nitrogen and oxygen atoms in total. The molecule has 0 radical (unpaired) electrons. The number of benzene rings is 2. The van der Waals surface area contributed by atoms with Crippen molar-refractivity contribution in [3.05, 3.63) is 77.1 Å². The lowest BCUT2D eigenvalue weighted by Gasteiger charge is -2.13. The summed E-state index contributed by atoms with van der Waals surface area (Å²) in [5.74, 6) is 0.687. The third-order valence-corrected chi connectivity index (χ3v) is 5.12. The molecule has 2 aromatic carbocycles. The maximum atomic E-state index is 13.3. The van der Waals surface area contributed by atoms with E-state index in [0.717, 1.165) is 27.7 Å². The Morgan fingerprint density at radius 1 is 1.20 bits per heavy atom. The van der Waals surface area contributed by atoms with Gasteiger partial charge < -0.3 is 4.98 Å². The average molecular weight is 347 g/mol. The highest BCUT2D eigenvalue weighted by Crippen LogP contribution is 2.27. The Morgan fingerprint density at radius 3 is 2.76 bits per heavy atom. The van der Waals surface area contributed by atoms with Gasteiger partial charge in [-0.15, -0.1) is 6.58 Å². The molecular formula is C20H17N3OS. The van der Waals surface area contributed by atoms with Crippen LogP contribution in [0.3, 0.4) is 0 Å². The molecule has 0 fully saturated rings. The molecule has 2 heterocycles. The van der Waals surface area contributed by atoms with Crippen LogP contribution in [0.5, 0.6) is 0 Å². The summed E-state index contributed by atoms with van der Waals surface area (Å²) in [6, 6.07) is 15.7. The summed E-state index contributed by atoms with van der Waals surface area (Å²) in [4.78, 5) is 21.3. The molecular weight excluding hydrogens is 330 g/mol. The molecule has 4 aromatic rings. The Bertz CT molecular complexity index is 1160. The van der Waals surface area contributed by atoms with Crippen molar-refractivity contribution in [2.75, 3.05) is 5.75 Å². The van der Waals surface area contributed by atoms with Gasteiger partial charge in [-0.2, -0.15) is 0 Å². The first kappa shape index (κ1) is 15.7. The van der Waals surface area contributed by atoms with Crippen LogP contribution in [-0.2, 0) is 0 Å². The van der Waals surface area contributed by atoms with E-state index in [1.165, 1.54) is 11.8 Å². The van der Waals surface area contributed by atoms with Crippen molar-refractivity contribution in [1.29, 1.82) is 0 Å². The highest BCUT2D eigenvalue weighted by atomic mass is 32.2. The number of nitrogens with zero attached hydrogens (tertiary/aromatic N) is 2. The number of aromatic nitrogens is 3. The van der Waals surface area contributed by atoms with E-state index < -0.39 is 0 Å². The maximum Gasteiger partial charge on any atom is 0.283 e. The van der Waals surface area contributed by atoms with Crippen LogP contribution in [0.4, 0.5) is 0 Å². The predicted octanol–water partition coefficient (Wildman–Crippen LogP) is 4.45. The minimum absolute atomic E-state index is 0.0814. The second kappa shape index (κ2) is 6.26. The fourth-order valence-electron chi connectivity index (χ4n) is 3.00. The molecule has 5 heteroatoms. The Hall–Kier alpha value is -2.79. The van der Waals surface area contributed by atoms with E-state index in [1.807, 2.05) is 61.5 Å². The number of hydrogen-bond acceptors (Lipinski definition) is 3. The van der Waals surface area contributed by atoms with Crippen molar-refractivity contribution in [3.63, 3.8) is 0 Å². The predicted molar refractivity (Wildman–Crippen MR) is 105 cm³/mol. The number of nitrogens with one attached hydrogen (secondary N) is 1. The van der Waals surface area contributed by atoms with Crippen molar-refractivity contribution in [3.8, 4) is 5.69 Å². The van der Waals surface area contributed by atoms with Crippen LogP contribution >= 0.6 is 11.8 Å². The van der Waals surface area contributed by atoms with Crippen molar-refractivity contribution < 1.29 is 0 Å². The number of thioether (sulfide) groups is 1. The van der Waals surface area contributed by atoms with Crippen molar-refractivity contribution in [2.45, 2.75) is 12.1 Å². The number of aromatic amines is 1. The number of para-hydroxylation sites is 2. The van der Waals surface area contributed by atoms with Gasteiger partial charge in [0.25, 0.3) is 5.56 Å². The van der Waals surface area contributed by atoms with Gasteiger partial charge in [0.15, 0.2) is 5.16 Å². The molecule has 1 N–H and O–H groups in total. The summed E-state index contributed by atoms with van der Waals surface area (Å²) < 4.78 is 1.70.